The van der Waals surface area contributed by atoms with Crippen LogP contribution < -0.4 is 4.74 Å². The average molecular weight is 334 g/mol. The summed E-state index contributed by atoms with van der Waals surface area (Å²) in [6.07, 6.45) is 3.02. The maximum absolute atomic E-state index is 13.3. The summed E-state index contributed by atoms with van der Waals surface area (Å²) < 4.78 is 18.6. The molecule has 124 valence electrons. The van der Waals surface area contributed by atoms with Crippen LogP contribution in [0.25, 0.3) is 17.0 Å². The highest BCUT2D eigenvalue weighted by Crippen LogP contribution is 2.23. The molecule has 3 aromatic rings. The fourth-order valence-corrected chi connectivity index (χ4v) is 2.57. The molecule has 0 unspecified atom stereocenters. The molecule has 0 saturated heterocycles. The zero-order valence-corrected chi connectivity index (χ0v) is 13.5. The molecule has 4 nitrogen and oxygen atoms in total. The molecule has 0 saturated carbocycles. The number of Topliss-reactive ketones (excluding diaryl/α,β-unsaturated/α-hetero) is 1. The molecule has 0 spiro atoms. The van der Waals surface area contributed by atoms with Gasteiger partial charge in [0.2, 0.25) is 5.78 Å². The second kappa shape index (κ2) is 7.02. The smallest absolute Gasteiger partial charge is 0.205 e. The Balaban J connectivity index is 1.94. The Hall–Kier alpha value is -3.39. The number of carbonyl (C=O) groups is 1. The predicted molar refractivity (Wildman–Crippen MR) is 93.8 cm³/mol. The summed E-state index contributed by atoms with van der Waals surface area (Å²) in [6, 6.07) is 13.2. The van der Waals surface area contributed by atoms with Crippen molar-refractivity contribution in [3.8, 4) is 11.8 Å². The van der Waals surface area contributed by atoms with Gasteiger partial charge in [0.05, 0.1) is 6.61 Å². The van der Waals surface area contributed by atoms with E-state index in [0.29, 0.717) is 23.1 Å². The number of allylic oxidation sites excluding steroid dienone is 1. The van der Waals surface area contributed by atoms with Gasteiger partial charge in [0.25, 0.3) is 0 Å². The van der Waals surface area contributed by atoms with Crippen molar-refractivity contribution in [2.24, 2.45) is 0 Å². The van der Waals surface area contributed by atoms with E-state index >= 15 is 0 Å². The molecule has 5 heteroatoms. The summed E-state index contributed by atoms with van der Waals surface area (Å²) >= 11 is 0. The number of hydrogen-bond acceptors (Lipinski definition) is 3. The van der Waals surface area contributed by atoms with Crippen LogP contribution in [0.5, 0.6) is 5.75 Å². The van der Waals surface area contributed by atoms with Crippen LogP contribution in [0.4, 0.5) is 4.39 Å². The lowest BCUT2D eigenvalue weighted by Crippen LogP contribution is -2.01. The number of halogens is 1. The number of ether oxygens (including phenoxy) is 1. The Bertz CT molecular complexity index is 995. The van der Waals surface area contributed by atoms with Gasteiger partial charge < -0.3 is 9.72 Å². The van der Waals surface area contributed by atoms with Crippen LogP contribution in [-0.4, -0.2) is 17.4 Å². The largest absolute Gasteiger partial charge is 0.494 e. The molecule has 0 amide bonds. The maximum atomic E-state index is 13.3. The molecule has 1 aromatic heterocycles. The lowest BCUT2D eigenvalue weighted by atomic mass is 10.0. The van der Waals surface area contributed by atoms with Gasteiger partial charge in [-0.3, -0.25) is 4.79 Å². The average Bonchev–Trinajstić information content (AvgIpc) is 3.03. The van der Waals surface area contributed by atoms with Crippen LogP contribution in [0.15, 0.2) is 54.2 Å². The second-order valence-corrected chi connectivity index (χ2v) is 5.39. The van der Waals surface area contributed by atoms with E-state index in [2.05, 4.69) is 4.98 Å². The molecule has 0 radical (unpaired) electrons. The third-order valence-corrected chi connectivity index (χ3v) is 3.76. The molecule has 0 aliphatic rings. The fourth-order valence-electron chi connectivity index (χ4n) is 2.57. The van der Waals surface area contributed by atoms with Gasteiger partial charge in [0.1, 0.15) is 23.2 Å². The van der Waals surface area contributed by atoms with Gasteiger partial charge in [0.15, 0.2) is 0 Å². The third kappa shape index (κ3) is 3.43. The normalized spacial score (nSPS) is 11.3. The van der Waals surface area contributed by atoms with Crippen LogP contribution in [-0.2, 0) is 0 Å². The van der Waals surface area contributed by atoms with E-state index in [4.69, 9.17) is 4.74 Å². The summed E-state index contributed by atoms with van der Waals surface area (Å²) in [5.41, 5.74) is 1.59. The Labute approximate surface area is 144 Å². The minimum atomic E-state index is -0.408. The quantitative estimate of drug-likeness (QED) is 0.424. The SMILES string of the molecule is CCOc1ccc(/C=C(/C#N)C(=O)c2c[nH]c3cc(F)ccc23)cc1. The van der Waals surface area contributed by atoms with E-state index in [1.807, 2.05) is 13.0 Å². The molecule has 1 heterocycles. The van der Waals surface area contributed by atoms with Gasteiger partial charge in [-0.1, -0.05) is 12.1 Å². The highest BCUT2D eigenvalue weighted by atomic mass is 19.1. The minimum Gasteiger partial charge on any atom is -0.494 e. The molecular formula is C20H15FN2O2. The topological polar surface area (TPSA) is 65.9 Å². The molecule has 0 aliphatic carbocycles. The van der Waals surface area contributed by atoms with E-state index < -0.39 is 11.6 Å². The lowest BCUT2D eigenvalue weighted by Gasteiger charge is -2.03. The number of ketones is 1. The Morgan fingerprint density at radius 1 is 1.28 bits per heavy atom. The monoisotopic (exact) mass is 334 g/mol. The van der Waals surface area contributed by atoms with E-state index in [9.17, 15) is 14.4 Å². The van der Waals surface area contributed by atoms with Gasteiger partial charge >= 0.3 is 0 Å². The first-order valence-corrected chi connectivity index (χ1v) is 7.78. The van der Waals surface area contributed by atoms with Gasteiger partial charge in [-0.25, -0.2) is 4.39 Å². The zero-order valence-electron chi connectivity index (χ0n) is 13.5. The molecule has 0 fully saturated rings. The molecular weight excluding hydrogens is 319 g/mol. The van der Waals surface area contributed by atoms with Gasteiger partial charge in [-0.15, -0.1) is 0 Å². The van der Waals surface area contributed by atoms with Crippen LogP contribution in [0.3, 0.4) is 0 Å². The standard InChI is InChI=1S/C20H15FN2O2/c1-2-25-16-6-3-13(4-7-16)9-14(11-22)20(24)18-12-23-19-10-15(21)5-8-17(18)19/h3-10,12,23H,2H2,1H3/b14-9-. The van der Waals surface area contributed by atoms with Crippen molar-refractivity contribution in [1.82, 2.24) is 4.98 Å². The summed E-state index contributed by atoms with van der Waals surface area (Å²) in [7, 11) is 0. The number of rotatable bonds is 5. The number of benzene rings is 2. The number of nitrogens with one attached hydrogen (secondary N) is 1. The van der Waals surface area contributed by atoms with Crippen LogP contribution in [0.2, 0.25) is 0 Å². The maximum Gasteiger partial charge on any atom is 0.205 e. The minimum absolute atomic E-state index is 0.00869. The Morgan fingerprint density at radius 2 is 2.04 bits per heavy atom. The molecule has 0 atom stereocenters. The highest BCUT2D eigenvalue weighted by molar-refractivity contribution is 6.19. The highest BCUT2D eigenvalue weighted by Gasteiger charge is 2.17. The molecule has 3 rings (SSSR count). The van der Waals surface area contributed by atoms with Crippen molar-refractivity contribution in [3.63, 3.8) is 0 Å². The van der Waals surface area contributed by atoms with Crippen molar-refractivity contribution in [1.29, 1.82) is 5.26 Å². The first kappa shape index (κ1) is 16.5. The number of H-pyrrole nitrogens is 1. The summed E-state index contributed by atoms with van der Waals surface area (Å²) in [5.74, 6) is -0.0730. The van der Waals surface area contributed by atoms with Crippen molar-refractivity contribution in [2.45, 2.75) is 6.92 Å². The van der Waals surface area contributed by atoms with Gasteiger partial charge in [-0.2, -0.15) is 5.26 Å². The van der Waals surface area contributed by atoms with E-state index in [1.54, 1.807) is 24.3 Å². The van der Waals surface area contributed by atoms with Gasteiger partial charge in [0, 0.05) is 22.7 Å². The van der Waals surface area contributed by atoms with Crippen LogP contribution in [0.1, 0.15) is 22.8 Å². The number of aromatic nitrogens is 1. The second-order valence-electron chi connectivity index (χ2n) is 5.39. The number of carbonyl (C=O) groups excluding carboxylic acids is 1. The number of hydrogen-bond donors (Lipinski definition) is 1. The summed E-state index contributed by atoms with van der Waals surface area (Å²) in [6.45, 7) is 2.46. The van der Waals surface area contributed by atoms with Gasteiger partial charge in [-0.05, 0) is 48.9 Å². The van der Waals surface area contributed by atoms with E-state index in [1.165, 1.54) is 30.5 Å². The fraction of sp³-hybridized carbons (Fsp3) is 0.100. The van der Waals surface area contributed by atoms with Crippen molar-refractivity contribution in [3.05, 3.63) is 71.2 Å². The number of nitriles is 1. The van der Waals surface area contributed by atoms with Crippen LogP contribution >= 0.6 is 0 Å². The van der Waals surface area contributed by atoms with E-state index in [-0.39, 0.29) is 5.57 Å². The lowest BCUT2D eigenvalue weighted by molar-refractivity contribution is 0.104. The number of aromatic amines is 1. The first-order valence-electron chi connectivity index (χ1n) is 7.78. The summed E-state index contributed by atoms with van der Waals surface area (Å²) in [5, 5.41) is 9.96. The Kier molecular flexibility index (Phi) is 4.62. The molecule has 25 heavy (non-hydrogen) atoms. The zero-order chi connectivity index (χ0) is 17.8. The Morgan fingerprint density at radius 3 is 2.72 bits per heavy atom. The molecule has 0 bridgehead atoms. The number of fused-ring (bicyclic) bond motifs is 1. The van der Waals surface area contributed by atoms with Crippen molar-refractivity contribution < 1.29 is 13.9 Å². The van der Waals surface area contributed by atoms with Crippen molar-refractivity contribution in [2.75, 3.05) is 6.61 Å². The predicted octanol–water partition coefficient (Wildman–Crippen LogP) is 4.50. The molecule has 2 aromatic carbocycles. The third-order valence-electron chi connectivity index (χ3n) is 3.76. The molecule has 1 N–H and O–H groups in total. The van der Waals surface area contributed by atoms with E-state index in [0.717, 1.165) is 11.3 Å². The first-order chi connectivity index (χ1) is 12.1. The summed E-state index contributed by atoms with van der Waals surface area (Å²) in [4.78, 5) is 15.5. The number of nitrogens with zero attached hydrogens (tertiary/aromatic N) is 1. The molecule has 0 aliphatic heterocycles. The van der Waals surface area contributed by atoms with Crippen molar-refractivity contribution >= 4 is 22.8 Å². The van der Waals surface area contributed by atoms with Crippen LogP contribution in [0, 0.1) is 17.1 Å².